The maximum Gasteiger partial charge on any atom is 0.159 e. The van der Waals surface area contributed by atoms with Gasteiger partial charge in [-0.15, -0.1) is 0 Å². The van der Waals surface area contributed by atoms with Crippen LogP contribution < -0.4 is 0 Å². The van der Waals surface area contributed by atoms with Gasteiger partial charge in [-0.05, 0) is 31.6 Å². The van der Waals surface area contributed by atoms with E-state index < -0.39 is 0 Å². The lowest BCUT2D eigenvalue weighted by atomic mass is 9.80. The van der Waals surface area contributed by atoms with Crippen LogP contribution in [0, 0.1) is 5.92 Å². The van der Waals surface area contributed by atoms with Gasteiger partial charge < -0.3 is 4.90 Å². The van der Waals surface area contributed by atoms with Crippen LogP contribution in [-0.4, -0.2) is 39.8 Å². The molecule has 0 aromatic heterocycles. The normalized spacial score (nSPS) is 39.7. The third kappa shape index (κ3) is 1.95. The molecule has 1 saturated carbocycles. The highest BCUT2D eigenvalue weighted by Gasteiger charge is 2.37. The van der Waals surface area contributed by atoms with Crippen LogP contribution in [-0.2, 0) is 0 Å². The van der Waals surface area contributed by atoms with Crippen molar-refractivity contribution in [2.24, 2.45) is 10.9 Å². The second kappa shape index (κ2) is 4.28. The number of thioether (sulfide) groups is 1. The van der Waals surface area contributed by atoms with Crippen molar-refractivity contribution in [2.45, 2.75) is 37.0 Å². The highest BCUT2D eigenvalue weighted by atomic mass is 79.9. The SMILES string of the molecule is BrCC1CN=C(N2CC3CCC2CC3)S1. The van der Waals surface area contributed by atoms with Gasteiger partial charge in [-0.3, -0.25) is 4.99 Å². The van der Waals surface area contributed by atoms with Gasteiger partial charge in [0.05, 0.1) is 6.54 Å². The van der Waals surface area contributed by atoms with Gasteiger partial charge in [-0.25, -0.2) is 0 Å². The molecule has 2 saturated heterocycles. The summed E-state index contributed by atoms with van der Waals surface area (Å²) in [5.74, 6) is 0.960. The lowest BCUT2D eigenvalue weighted by Gasteiger charge is -2.46. The molecule has 2 bridgehead atoms. The fourth-order valence-corrected chi connectivity index (χ4v) is 4.56. The van der Waals surface area contributed by atoms with Crippen molar-refractivity contribution in [3.63, 3.8) is 0 Å². The zero-order chi connectivity index (χ0) is 10.3. The molecule has 3 fully saturated rings. The Balaban J connectivity index is 1.68. The van der Waals surface area contributed by atoms with Gasteiger partial charge in [-0.1, -0.05) is 27.7 Å². The predicted molar refractivity (Wildman–Crippen MR) is 69.9 cm³/mol. The van der Waals surface area contributed by atoms with Gasteiger partial charge in [-0.2, -0.15) is 0 Å². The van der Waals surface area contributed by atoms with Crippen LogP contribution in [0.3, 0.4) is 0 Å². The summed E-state index contributed by atoms with van der Waals surface area (Å²) in [4.78, 5) is 7.31. The number of nitrogens with zero attached hydrogens (tertiary/aromatic N) is 2. The summed E-state index contributed by atoms with van der Waals surface area (Å²) < 4.78 is 0. The first-order chi connectivity index (χ1) is 7.36. The Kier molecular flexibility index (Phi) is 2.99. The van der Waals surface area contributed by atoms with E-state index in [4.69, 9.17) is 4.99 Å². The largest absolute Gasteiger partial charge is 0.348 e. The summed E-state index contributed by atoms with van der Waals surface area (Å²) in [5.41, 5.74) is 0. The molecule has 3 aliphatic heterocycles. The molecule has 84 valence electrons. The molecule has 4 heteroatoms. The van der Waals surface area contributed by atoms with Crippen LogP contribution in [0.15, 0.2) is 4.99 Å². The van der Waals surface area contributed by atoms with Crippen molar-refractivity contribution in [1.82, 2.24) is 4.90 Å². The minimum Gasteiger partial charge on any atom is -0.348 e. The van der Waals surface area contributed by atoms with E-state index in [-0.39, 0.29) is 0 Å². The molecular formula is C11H17BrN2S. The van der Waals surface area contributed by atoms with Gasteiger partial charge in [0.2, 0.25) is 0 Å². The van der Waals surface area contributed by atoms with Gasteiger partial charge in [0.25, 0.3) is 0 Å². The molecule has 4 rings (SSSR count). The molecular weight excluding hydrogens is 272 g/mol. The van der Waals surface area contributed by atoms with Crippen molar-refractivity contribution >= 4 is 32.9 Å². The number of hydrogen-bond donors (Lipinski definition) is 0. The zero-order valence-corrected chi connectivity index (χ0v) is 11.3. The Morgan fingerprint density at radius 2 is 2.13 bits per heavy atom. The fourth-order valence-electron chi connectivity index (χ4n) is 2.94. The van der Waals surface area contributed by atoms with Crippen LogP contribution >= 0.6 is 27.7 Å². The molecule has 1 aliphatic carbocycles. The number of amidine groups is 1. The van der Waals surface area contributed by atoms with Crippen LogP contribution in [0.2, 0.25) is 0 Å². The molecule has 2 nitrogen and oxygen atoms in total. The van der Waals surface area contributed by atoms with E-state index in [0.29, 0.717) is 5.25 Å². The van der Waals surface area contributed by atoms with E-state index in [9.17, 15) is 0 Å². The minimum atomic E-state index is 0.681. The quantitative estimate of drug-likeness (QED) is 0.690. The number of hydrogen-bond acceptors (Lipinski definition) is 3. The fraction of sp³-hybridized carbons (Fsp3) is 0.909. The van der Waals surface area contributed by atoms with E-state index in [0.717, 1.165) is 23.8 Å². The standard InChI is InChI=1S/C11H17BrN2S/c12-5-10-6-13-11(15-10)14-7-8-1-3-9(14)4-2-8/h8-10H,1-7H2. The molecule has 0 spiro atoms. The van der Waals surface area contributed by atoms with Crippen molar-refractivity contribution in [3.05, 3.63) is 0 Å². The Bertz CT molecular complexity index is 274. The highest BCUT2D eigenvalue weighted by Crippen LogP contribution is 2.38. The maximum atomic E-state index is 4.71. The van der Waals surface area contributed by atoms with E-state index in [1.165, 1.54) is 37.4 Å². The summed E-state index contributed by atoms with van der Waals surface area (Å²) >= 11 is 5.54. The Labute approximate surface area is 104 Å². The molecule has 0 aromatic rings. The van der Waals surface area contributed by atoms with Crippen LogP contribution in [0.5, 0.6) is 0 Å². The summed E-state index contributed by atoms with van der Waals surface area (Å²) in [6.07, 6.45) is 5.73. The monoisotopic (exact) mass is 288 g/mol. The lowest BCUT2D eigenvalue weighted by Crippen LogP contribution is -2.49. The first-order valence-corrected chi connectivity index (χ1v) is 7.90. The third-order valence-corrected chi connectivity index (χ3v) is 6.27. The Hall–Kier alpha value is 0.300. The second-order valence-corrected chi connectivity index (χ2v) is 6.76. The average Bonchev–Trinajstić information content (AvgIpc) is 2.79. The van der Waals surface area contributed by atoms with Gasteiger partial charge in [0, 0.05) is 23.2 Å². The molecule has 1 unspecified atom stereocenters. The third-order valence-electron chi connectivity index (χ3n) is 3.83. The second-order valence-electron chi connectivity index (χ2n) is 4.84. The number of aliphatic imine (C=N–C) groups is 1. The van der Waals surface area contributed by atoms with Crippen molar-refractivity contribution in [1.29, 1.82) is 0 Å². The Morgan fingerprint density at radius 1 is 1.33 bits per heavy atom. The number of fused-ring (bicyclic) bond motifs is 3. The van der Waals surface area contributed by atoms with Crippen LogP contribution in [0.25, 0.3) is 0 Å². The van der Waals surface area contributed by atoms with Gasteiger partial charge in [0.15, 0.2) is 5.17 Å². The molecule has 3 heterocycles. The average molecular weight is 289 g/mol. The smallest absolute Gasteiger partial charge is 0.159 e. The predicted octanol–water partition coefficient (Wildman–Crippen LogP) is 2.73. The molecule has 0 radical (unpaired) electrons. The van der Waals surface area contributed by atoms with Crippen LogP contribution in [0.1, 0.15) is 25.7 Å². The number of piperidine rings is 2. The molecule has 1 atom stereocenters. The molecule has 0 N–H and O–H groups in total. The van der Waals surface area contributed by atoms with Crippen molar-refractivity contribution in [3.8, 4) is 0 Å². The first kappa shape index (κ1) is 10.5. The van der Waals surface area contributed by atoms with E-state index in [1.807, 2.05) is 11.8 Å². The number of rotatable bonds is 1. The van der Waals surface area contributed by atoms with E-state index in [1.54, 1.807) is 0 Å². The lowest BCUT2D eigenvalue weighted by molar-refractivity contribution is 0.113. The summed E-state index contributed by atoms with van der Waals surface area (Å²) in [7, 11) is 0. The van der Waals surface area contributed by atoms with E-state index in [2.05, 4.69) is 20.8 Å². The zero-order valence-electron chi connectivity index (χ0n) is 8.86. The number of halogens is 1. The highest BCUT2D eigenvalue weighted by molar-refractivity contribution is 9.09. The van der Waals surface area contributed by atoms with Gasteiger partial charge in [0.1, 0.15) is 0 Å². The van der Waals surface area contributed by atoms with Gasteiger partial charge >= 0.3 is 0 Å². The summed E-state index contributed by atoms with van der Waals surface area (Å²) in [5, 5.41) is 3.10. The molecule has 4 aliphatic rings. The van der Waals surface area contributed by atoms with Crippen molar-refractivity contribution < 1.29 is 0 Å². The minimum absolute atomic E-state index is 0.681. The topological polar surface area (TPSA) is 15.6 Å². The summed E-state index contributed by atoms with van der Waals surface area (Å²) in [6.45, 7) is 2.30. The van der Waals surface area contributed by atoms with Crippen molar-refractivity contribution in [2.75, 3.05) is 18.4 Å². The van der Waals surface area contributed by atoms with E-state index >= 15 is 0 Å². The summed E-state index contributed by atoms with van der Waals surface area (Å²) in [6, 6.07) is 0.815. The molecule has 0 amide bonds. The first-order valence-electron chi connectivity index (χ1n) is 5.90. The molecule has 0 aromatic carbocycles. The maximum absolute atomic E-state index is 4.71. The van der Waals surface area contributed by atoms with Crippen LogP contribution in [0.4, 0.5) is 0 Å². The number of alkyl halides is 1. The molecule has 15 heavy (non-hydrogen) atoms. The Morgan fingerprint density at radius 3 is 2.67 bits per heavy atom.